The van der Waals surface area contributed by atoms with Crippen molar-refractivity contribution in [2.75, 3.05) is 5.32 Å². The van der Waals surface area contributed by atoms with Gasteiger partial charge in [0.15, 0.2) is 12.4 Å². The molecule has 2 heterocycles. The summed E-state index contributed by atoms with van der Waals surface area (Å²) >= 11 is 0. The second-order valence-electron chi connectivity index (χ2n) is 4.98. The highest BCUT2D eigenvalue weighted by Gasteiger charge is 2.15. The number of amides is 1. The number of aromatic nitrogens is 5. The minimum absolute atomic E-state index is 0.0334. The molecule has 1 aromatic carbocycles. The highest BCUT2D eigenvalue weighted by atomic mass is 16.6. The minimum Gasteiger partial charge on any atom is -0.390 e. The number of nitro groups is 2. The third kappa shape index (κ3) is 3.66. The molecule has 3 rings (SSSR count). The summed E-state index contributed by atoms with van der Waals surface area (Å²) < 4.78 is 2.55. The van der Waals surface area contributed by atoms with Crippen molar-refractivity contribution in [3.05, 3.63) is 68.8 Å². The topological polar surface area (TPSA) is 164 Å². The van der Waals surface area contributed by atoms with Crippen LogP contribution in [0.1, 0.15) is 10.5 Å². The fourth-order valence-electron chi connectivity index (χ4n) is 2.01. The third-order valence-electron chi connectivity index (χ3n) is 3.19. The molecule has 26 heavy (non-hydrogen) atoms. The van der Waals surface area contributed by atoms with Gasteiger partial charge < -0.3 is 15.4 Å². The smallest absolute Gasteiger partial charge is 0.390 e. The minimum atomic E-state index is -0.720. The molecule has 0 aliphatic rings. The molecule has 13 nitrogen and oxygen atoms in total. The van der Waals surface area contributed by atoms with Gasteiger partial charge in [-0.25, -0.2) is 4.68 Å². The molecule has 13 heteroatoms. The average Bonchev–Trinajstić information content (AvgIpc) is 3.25. The highest BCUT2D eigenvalue weighted by Crippen LogP contribution is 2.16. The van der Waals surface area contributed by atoms with Gasteiger partial charge in [0.1, 0.15) is 0 Å². The van der Waals surface area contributed by atoms with Crippen LogP contribution in [0.3, 0.4) is 0 Å². The van der Waals surface area contributed by atoms with Crippen LogP contribution in [-0.2, 0) is 6.67 Å². The number of hydrogen-bond donors (Lipinski definition) is 1. The number of nitro benzene ring substituents is 1. The lowest BCUT2D eigenvalue weighted by atomic mass is 10.3. The molecule has 2 aromatic heterocycles. The molecule has 132 valence electrons. The largest absolute Gasteiger partial charge is 0.491 e. The standard InChI is InChI=1S/C13H10N8O5/c22-12(15-9-1-3-10(4-2-9)20(23)24)11-5-6-18(16-11)8-19-7-14-13(17-19)21(25)26/h1-7H,8H2,(H,15,22). The van der Waals surface area contributed by atoms with E-state index in [-0.39, 0.29) is 18.1 Å². The Balaban J connectivity index is 1.65. The molecular weight excluding hydrogens is 348 g/mol. The summed E-state index contributed by atoms with van der Waals surface area (Å²) in [6.45, 7) is 0.0334. The Labute approximate surface area is 144 Å². The van der Waals surface area contributed by atoms with Gasteiger partial charge in [-0.3, -0.25) is 14.9 Å². The van der Waals surface area contributed by atoms with Gasteiger partial charge in [-0.1, -0.05) is 4.98 Å². The van der Waals surface area contributed by atoms with E-state index in [2.05, 4.69) is 20.5 Å². The molecular formula is C13H10N8O5. The first-order valence-electron chi connectivity index (χ1n) is 7.05. The summed E-state index contributed by atoms with van der Waals surface area (Å²) in [7, 11) is 0. The van der Waals surface area contributed by atoms with Crippen molar-refractivity contribution < 1.29 is 14.6 Å². The fourth-order valence-corrected chi connectivity index (χ4v) is 2.01. The lowest BCUT2D eigenvalue weighted by Gasteiger charge is -2.02. The Morgan fingerprint density at radius 2 is 1.77 bits per heavy atom. The first kappa shape index (κ1) is 16.7. The first-order chi connectivity index (χ1) is 12.4. The van der Waals surface area contributed by atoms with E-state index in [0.29, 0.717) is 5.69 Å². The van der Waals surface area contributed by atoms with E-state index in [9.17, 15) is 25.0 Å². The van der Waals surface area contributed by atoms with Crippen LogP contribution in [-0.4, -0.2) is 40.3 Å². The molecule has 0 fully saturated rings. The van der Waals surface area contributed by atoms with Crippen LogP contribution in [0.4, 0.5) is 17.3 Å². The van der Waals surface area contributed by atoms with Gasteiger partial charge >= 0.3 is 5.95 Å². The zero-order valence-corrected chi connectivity index (χ0v) is 12.9. The van der Waals surface area contributed by atoms with Gasteiger partial charge in [0.25, 0.3) is 11.6 Å². The summed E-state index contributed by atoms with van der Waals surface area (Å²) in [4.78, 5) is 35.6. The quantitative estimate of drug-likeness (QED) is 0.504. The van der Waals surface area contributed by atoms with E-state index in [4.69, 9.17) is 0 Å². The Morgan fingerprint density at radius 1 is 1.04 bits per heavy atom. The summed E-state index contributed by atoms with van der Waals surface area (Å²) in [5, 5.41) is 31.4. The Kier molecular flexibility index (Phi) is 4.34. The number of benzene rings is 1. The van der Waals surface area contributed by atoms with E-state index in [1.165, 1.54) is 52.2 Å². The summed E-state index contributed by atoms with van der Waals surface area (Å²) in [6.07, 6.45) is 2.68. The maximum Gasteiger partial charge on any atom is 0.491 e. The predicted molar refractivity (Wildman–Crippen MR) is 85.4 cm³/mol. The Morgan fingerprint density at radius 3 is 2.38 bits per heavy atom. The van der Waals surface area contributed by atoms with E-state index in [0.717, 1.165) is 0 Å². The Hall–Kier alpha value is -4.16. The van der Waals surface area contributed by atoms with Crippen LogP contribution in [0.5, 0.6) is 0 Å². The van der Waals surface area contributed by atoms with E-state index in [1.54, 1.807) is 0 Å². The van der Waals surface area contributed by atoms with Crippen LogP contribution < -0.4 is 5.32 Å². The number of non-ortho nitro benzene ring substituents is 1. The van der Waals surface area contributed by atoms with Crippen molar-refractivity contribution in [2.45, 2.75) is 6.67 Å². The normalized spacial score (nSPS) is 10.5. The van der Waals surface area contributed by atoms with E-state index in [1.807, 2.05) is 0 Å². The summed E-state index contributed by atoms with van der Waals surface area (Å²) in [6, 6.07) is 6.80. The average molecular weight is 358 g/mol. The number of nitrogens with one attached hydrogen (secondary N) is 1. The number of carbonyl (C=O) groups excluding carboxylic acids is 1. The van der Waals surface area contributed by atoms with Crippen molar-refractivity contribution >= 4 is 23.2 Å². The predicted octanol–water partition coefficient (Wildman–Crippen LogP) is 1.05. The second-order valence-corrected chi connectivity index (χ2v) is 4.98. The van der Waals surface area contributed by atoms with Gasteiger partial charge in [0, 0.05) is 29.1 Å². The van der Waals surface area contributed by atoms with E-state index >= 15 is 0 Å². The number of anilines is 1. The van der Waals surface area contributed by atoms with Gasteiger partial charge in [0.05, 0.1) is 4.92 Å². The molecule has 0 unspecified atom stereocenters. The van der Waals surface area contributed by atoms with Gasteiger partial charge in [-0.2, -0.15) is 9.78 Å². The maximum atomic E-state index is 12.1. The van der Waals surface area contributed by atoms with Crippen molar-refractivity contribution in [1.29, 1.82) is 0 Å². The second kappa shape index (κ2) is 6.76. The molecule has 0 saturated heterocycles. The Bertz CT molecular complexity index is 977. The molecule has 0 aliphatic carbocycles. The summed E-state index contributed by atoms with van der Waals surface area (Å²) in [5.74, 6) is -1.05. The lowest BCUT2D eigenvalue weighted by molar-refractivity contribution is -0.394. The molecule has 0 radical (unpaired) electrons. The van der Waals surface area contributed by atoms with Crippen molar-refractivity contribution in [3.63, 3.8) is 0 Å². The number of rotatable bonds is 6. The molecule has 1 amide bonds. The van der Waals surface area contributed by atoms with Gasteiger partial charge in [-0.15, -0.1) is 0 Å². The molecule has 3 aromatic rings. The molecule has 0 aliphatic heterocycles. The van der Waals surface area contributed by atoms with Crippen LogP contribution >= 0.6 is 0 Å². The van der Waals surface area contributed by atoms with Gasteiger partial charge in [-0.05, 0) is 23.1 Å². The molecule has 0 saturated carbocycles. The molecule has 1 N–H and O–H groups in total. The summed E-state index contributed by atoms with van der Waals surface area (Å²) in [5.41, 5.74) is 0.384. The van der Waals surface area contributed by atoms with Crippen LogP contribution in [0.15, 0.2) is 42.9 Å². The van der Waals surface area contributed by atoms with E-state index < -0.39 is 21.7 Å². The zero-order valence-electron chi connectivity index (χ0n) is 12.9. The van der Waals surface area contributed by atoms with Crippen LogP contribution in [0.25, 0.3) is 0 Å². The maximum absolute atomic E-state index is 12.1. The molecule has 0 atom stereocenters. The third-order valence-corrected chi connectivity index (χ3v) is 3.19. The highest BCUT2D eigenvalue weighted by molar-refractivity contribution is 6.02. The first-order valence-corrected chi connectivity index (χ1v) is 7.05. The van der Waals surface area contributed by atoms with Crippen LogP contribution in [0.2, 0.25) is 0 Å². The fraction of sp³-hybridized carbons (Fsp3) is 0.0769. The number of nitrogens with zero attached hydrogens (tertiary/aromatic N) is 7. The SMILES string of the molecule is O=C(Nc1ccc([N+](=O)[O-])cc1)c1ccn(Cn2cnc([N+](=O)[O-])n2)n1. The van der Waals surface area contributed by atoms with Crippen molar-refractivity contribution in [2.24, 2.45) is 0 Å². The zero-order chi connectivity index (χ0) is 18.7. The number of carbonyl (C=O) groups is 1. The van der Waals surface area contributed by atoms with Crippen molar-refractivity contribution in [1.82, 2.24) is 24.5 Å². The van der Waals surface area contributed by atoms with Gasteiger partial charge in [0.2, 0.25) is 6.33 Å². The monoisotopic (exact) mass is 358 g/mol. The number of hydrogen-bond acceptors (Lipinski definition) is 8. The van der Waals surface area contributed by atoms with Crippen LogP contribution in [0, 0.1) is 20.2 Å². The molecule has 0 bridgehead atoms. The molecule has 0 spiro atoms. The lowest BCUT2D eigenvalue weighted by Crippen LogP contribution is -2.15. The van der Waals surface area contributed by atoms with Crippen molar-refractivity contribution in [3.8, 4) is 0 Å².